The average Bonchev–Trinajstić information content (AvgIpc) is 3.26. The van der Waals surface area contributed by atoms with Crippen LogP contribution in [0.15, 0.2) is 200 Å². The van der Waals surface area contributed by atoms with Crippen LogP contribution < -0.4 is 4.90 Å². The summed E-state index contributed by atoms with van der Waals surface area (Å²) >= 11 is 0. The molecule has 0 aliphatic carbocycles. The fourth-order valence-corrected chi connectivity index (χ4v) is 7.87. The highest BCUT2D eigenvalue weighted by Crippen LogP contribution is 2.39. The largest absolute Gasteiger partial charge is 0.384 e. The van der Waals surface area contributed by atoms with E-state index in [1.807, 2.05) is 164 Å². The summed E-state index contributed by atoms with van der Waals surface area (Å²) in [5.74, 6) is 0. The summed E-state index contributed by atoms with van der Waals surface area (Å²) in [4.78, 5) is 2.15. The molecule has 0 spiro atoms. The fraction of sp³-hybridized carbons (Fsp3) is 0.0588. The molecule has 0 aromatic heterocycles. The van der Waals surface area contributed by atoms with E-state index in [1.165, 1.54) is 0 Å². The lowest BCUT2D eigenvalue weighted by atomic mass is 9.95. The van der Waals surface area contributed by atoms with Gasteiger partial charge in [-0.3, -0.25) is 0 Å². The van der Waals surface area contributed by atoms with Gasteiger partial charge in [0.15, 0.2) is 0 Å². The molecule has 0 saturated carbocycles. The van der Waals surface area contributed by atoms with Gasteiger partial charge in [-0.25, -0.2) is 0 Å². The molecule has 0 saturated heterocycles. The summed E-state index contributed by atoms with van der Waals surface area (Å²) in [6.45, 7) is 0. The number of fused-ring (bicyclic) bond motifs is 3. The quantitative estimate of drug-likeness (QED) is 0.139. The van der Waals surface area contributed by atoms with Gasteiger partial charge in [0, 0.05) is 17.1 Å². The second kappa shape index (κ2) is 14.7. The molecule has 4 heteroatoms. The molecule has 4 nitrogen and oxygen atoms in total. The number of aliphatic hydroxyl groups excluding tert-OH is 3. The second-order valence-corrected chi connectivity index (χ2v) is 14.0. The molecule has 266 valence electrons. The topological polar surface area (TPSA) is 63.9 Å². The number of benzene rings is 9. The minimum absolute atomic E-state index is 0.793. The van der Waals surface area contributed by atoms with Gasteiger partial charge in [0.05, 0.1) is 0 Å². The predicted molar refractivity (Wildman–Crippen MR) is 225 cm³/mol. The van der Waals surface area contributed by atoms with Crippen molar-refractivity contribution >= 4 is 49.4 Å². The Morgan fingerprint density at radius 2 is 0.527 bits per heavy atom. The molecule has 3 unspecified atom stereocenters. The highest BCUT2D eigenvalue weighted by atomic mass is 16.3. The van der Waals surface area contributed by atoms with Crippen LogP contribution in [-0.2, 0) is 0 Å². The standard InChI is InChI=1S/C51H39NO3/c53-49(46-19-7-13-34-10-1-4-16-43(34)46)37-22-28-40(29-23-37)52(41-30-24-38(25-31-41)50(54)47-20-8-14-35-11-2-5-17-44(35)47)42-32-26-39(27-33-42)51(55)48-21-9-15-36-12-3-6-18-45(36)48/h1-33,49-51,53-55H. The Kier molecular flexibility index (Phi) is 9.14. The first kappa shape index (κ1) is 34.2. The molecular weight excluding hydrogens is 675 g/mol. The zero-order chi connectivity index (χ0) is 37.3. The van der Waals surface area contributed by atoms with Crippen molar-refractivity contribution in [3.05, 3.63) is 234 Å². The summed E-state index contributed by atoms with van der Waals surface area (Å²) in [7, 11) is 0. The van der Waals surface area contributed by atoms with E-state index >= 15 is 0 Å². The van der Waals surface area contributed by atoms with Crippen LogP contribution in [0, 0.1) is 0 Å². The van der Waals surface area contributed by atoms with Crippen LogP contribution in [0.25, 0.3) is 32.3 Å². The number of hydrogen-bond donors (Lipinski definition) is 3. The van der Waals surface area contributed by atoms with Gasteiger partial charge in [-0.15, -0.1) is 0 Å². The first-order valence-electron chi connectivity index (χ1n) is 18.6. The van der Waals surface area contributed by atoms with E-state index < -0.39 is 18.3 Å². The summed E-state index contributed by atoms with van der Waals surface area (Å²) < 4.78 is 0. The smallest absolute Gasteiger partial charge is 0.105 e. The molecule has 0 aliphatic heterocycles. The van der Waals surface area contributed by atoms with Crippen molar-refractivity contribution in [2.24, 2.45) is 0 Å². The molecule has 0 heterocycles. The third-order valence-corrected chi connectivity index (χ3v) is 10.8. The molecule has 9 rings (SSSR count). The van der Waals surface area contributed by atoms with Crippen LogP contribution in [0.1, 0.15) is 51.7 Å². The van der Waals surface area contributed by atoms with E-state index in [0.717, 1.165) is 82.8 Å². The molecule has 55 heavy (non-hydrogen) atoms. The van der Waals surface area contributed by atoms with E-state index in [-0.39, 0.29) is 0 Å². The Morgan fingerprint density at radius 3 is 0.818 bits per heavy atom. The van der Waals surface area contributed by atoms with Crippen molar-refractivity contribution < 1.29 is 15.3 Å². The summed E-state index contributed by atoms with van der Waals surface area (Å²) in [5, 5.41) is 41.1. The van der Waals surface area contributed by atoms with Crippen LogP contribution in [0.3, 0.4) is 0 Å². The third-order valence-electron chi connectivity index (χ3n) is 10.8. The Bertz CT molecular complexity index is 2440. The van der Waals surface area contributed by atoms with Gasteiger partial charge in [0.25, 0.3) is 0 Å². The SMILES string of the molecule is OC(c1ccc(N(c2ccc(C(O)c3cccc4ccccc34)cc2)c2ccc(C(O)c3cccc4ccccc34)cc2)cc1)c1cccc2ccccc12. The second-order valence-electron chi connectivity index (χ2n) is 14.0. The zero-order valence-corrected chi connectivity index (χ0v) is 30.1. The summed E-state index contributed by atoms with van der Waals surface area (Å²) in [6, 6.07) is 66.5. The molecule has 0 radical (unpaired) electrons. The third kappa shape index (κ3) is 6.53. The van der Waals surface area contributed by atoms with Gasteiger partial charge in [-0.05, 0) is 102 Å². The summed E-state index contributed by atoms with van der Waals surface area (Å²) in [6.07, 6.45) is -2.38. The normalized spacial score (nSPS) is 13.1. The van der Waals surface area contributed by atoms with E-state index in [1.54, 1.807) is 0 Å². The maximum atomic E-state index is 11.6. The predicted octanol–water partition coefficient (Wildman–Crippen LogP) is 11.9. The maximum Gasteiger partial charge on any atom is 0.105 e. The van der Waals surface area contributed by atoms with Gasteiger partial charge in [-0.2, -0.15) is 0 Å². The number of anilines is 3. The lowest BCUT2D eigenvalue weighted by molar-refractivity contribution is 0.221. The molecule has 0 aliphatic rings. The number of rotatable bonds is 9. The van der Waals surface area contributed by atoms with E-state index in [2.05, 4.69) is 41.3 Å². The van der Waals surface area contributed by atoms with Crippen molar-refractivity contribution in [1.29, 1.82) is 0 Å². The molecule has 9 aromatic carbocycles. The molecule has 9 aromatic rings. The average molecular weight is 714 g/mol. The van der Waals surface area contributed by atoms with Crippen LogP contribution in [0.2, 0.25) is 0 Å². The van der Waals surface area contributed by atoms with E-state index in [4.69, 9.17) is 0 Å². The van der Waals surface area contributed by atoms with Crippen molar-refractivity contribution in [2.45, 2.75) is 18.3 Å². The number of aliphatic hydroxyl groups is 3. The van der Waals surface area contributed by atoms with Crippen molar-refractivity contribution in [3.8, 4) is 0 Å². The first-order valence-corrected chi connectivity index (χ1v) is 18.6. The van der Waals surface area contributed by atoms with Crippen LogP contribution >= 0.6 is 0 Å². The summed E-state index contributed by atoms with van der Waals surface area (Å²) in [5.41, 5.74) is 7.68. The maximum absolute atomic E-state index is 11.6. The first-order chi connectivity index (χ1) is 27.0. The van der Waals surface area contributed by atoms with Crippen molar-refractivity contribution in [2.75, 3.05) is 4.90 Å². The Morgan fingerprint density at radius 1 is 0.273 bits per heavy atom. The highest BCUT2D eigenvalue weighted by molar-refractivity contribution is 5.88. The molecule has 0 bridgehead atoms. The molecule has 0 fully saturated rings. The lowest BCUT2D eigenvalue weighted by Crippen LogP contribution is -2.11. The highest BCUT2D eigenvalue weighted by Gasteiger charge is 2.20. The number of hydrogen-bond acceptors (Lipinski definition) is 4. The fourth-order valence-electron chi connectivity index (χ4n) is 7.87. The van der Waals surface area contributed by atoms with Gasteiger partial charge < -0.3 is 20.2 Å². The van der Waals surface area contributed by atoms with Gasteiger partial charge >= 0.3 is 0 Å². The monoisotopic (exact) mass is 713 g/mol. The van der Waals surface area contributed by atoms with Crippen LogP contribution in [0.5, 0.6) is 0 Å². The molecule has 3 atom stereocenters. The van der Waals surface area contributed by atoms with Gasteiger partial charge in [-0.1, -0.05) is 164 Å². The van der Waals surface area contributed by atoms with Crippen LogP contribution in [0.4, 0.5) is 17.1 Å². The van der Waals surface area contributed by atoms with Gasteiger partial charge in [0.2, 0.25) is 0 Å². The van der Waals surface area contributed by atoms with Crippen molar-refractivity contribution in [1.82, 2.24) is 0 Å². The minimum Gasteiger partial charge on any atom is -0.384 e. The molecule has 0 amide bonds. The van der Waals surface area contributed by atoms with Crippen molar-refractivity contribution in [3.63, 3.8) is 0 Å². The molecule has 3 N–H and O–H groups in total. The lowest BCUT2D eigenvalue weighted by Gasteiger charge is -2.27. The Hall–Kier alpha value is -6.56. The zero-order valence-electron chi connectivity index (χ0n) is 30.1. The minimum atomic E-state index is -0.793. The van der Waals surface area contributed by atoms with Crippen LogP contribution in [-0.4, -0.2) is 15.3 Å². The Balaban J connectivity index is 1.07. The van der Waals surface area contributed by atoms with E-state index in [0.29, 0.717) is 0 Å². The van der Waals surface area contributed by atoms with Gasteiger partial charge in [0.1, 0.15) is 18.3 Å². The van der Waals surface area contributed by atoms with E-state index in [9.17, 15) is 15.3 Å². The number of nitrogens with zero attached hydrogens (tertiary/aromatic N) is 1. The Labute approximate surface area is 320 Å². The molecular formula is C51H39NO3.